The summed E-state index contributed by atoms with van der Waals surface area (Å²) in [6.45, 7) is 1.78. The molecule has 7 heteroatoms. The lowest BCUT2D eigenvalue weighted by Crippen LogP contribution is -2.24. The maximum Gasteiger partial charge on any atom is 0.256 e. The van der Waals surface area contributed by atoms with Crippen molar-refractivity contribution in [2.75, 3.05) is 17.6 Å². The Morgan fingerprint density at radius 2 is 1.97 bits per heavy atom. The minimum Gasteiger partial charge on any atom is -0.375 e. The van der Waals surface area contributed by atoms with E-state index in [4.69, 9.17) is 5.73 Å². The average Bonchev–Trinajstić information content (AvgIpc) is 3.19. The number of nitrogens with zero attached hydrogens (tertiary/aromatic N) is 2. The smallest absolute Gasteiger partial charge is 0.256 e. The van der Waals surface area contributed by atoms with E-state index >= 15 is 0 Å². The SMILES string of the molecule is Nc1ncc(-c2ccc3cnc(NC(=O)c4ccc5c(c4)CNCC5)cc3c2)s1. The van der Waals surface area contributed by atoms with Crippen molar-refractivity contribution in [3.05, 3.63) is 71.5 Å². The van der Waals surface area contributed by atoms with Crippen LogP contribution >= 0.6 is 11.3 Å². The van der Waals surface area contributed by atoms with E-state index in [2.05, 4.69) is 26.7 Å². The van der Waals surface area contributed by atoms with E-state index in [-0.39, 0.29) is 5.91 Å². The predicted molar refractivity (Wildman–Crippen MR) is 117 cm³/mol. The standard InChI is InChI=1S/C22H19N5OS/c23-22-26-12-19(29-22)14-2-4-16-11-25-20(9-17(16)7-14)27-21(28)15-3-1-13-5-6-24-10-18(13)8-15/h1-4,7-9,11-12,24H,5-6,10H2,(H2,23,26)(H,25,27,28). The molecule has 0 unspecified atom stereocenters. The first-order valence-electron chi connectivity index (χ1n) is 9.41. The Hall–Kier alpha value is -3.29. The highest BCUT2D eigenvalue weighted by Gasteiger charge is 2.13. The quantitative estimate of drug-likeness (QED) is 0.485. The van der Waals surface area contributed by atoms with Gasteiger partial charge in [-0.25, -0.2) is 9.97 Å². The van der Waals surface area contributed by atoms with Crippen molar-refractivity contribution in [2.45, 2.75) is 13.0 Å². The molecule has 5 rings (SSSR count). The van der Waals surface area contributed by atoms with Crippen LogP contribution in [0.5, 0.6) is 0 Å². The highest BCUT2D eigenvalue weighted by Crippen LogP contribution is 2.30. The molecule has 0 saturated carbocycles. The Morgan fingerprint density at radius 3 is 2.83 bits per heavy atom. The molecule has 3 heterocycles. The van der Waals surface area contributed by atoms with Crippen LogP contribution < -0.4 is 16.4 Å². The van der Waals surface area contributed by atoms with Crippen LogP contribution in [0.2, 0.25) is 0 Å². The van der Waals surface area contributed by atoms with E-state index in [1.807, 2.05) is 36.4 Å². The van der Waals surface area contributed by atoms with Crippen molar-refractivity contribution in [2.24, 2.45) is 0 Å². The summed E-state index contributed by atoms with van der Waals surface area (Å²) in [6.07, 6.45) is 4.54. The van der Waals surface area contributed by atoms with E-state index in [0.29, 0.717) is 16.5 Å². The summed E-state index contributed by atoms with van der Waals surface area (Å²) in [7, 11) is 0. The Morgan fingerprint density at radius 1 is 1.03 bits per heavy atom. The molecule has 1 aliphatic rings. The van der Waals surface area contributed by atoms with Crippen LogP contribution in [0.1, 0.15) is 21.5 Å². The molecule has 1 amide bonds. The second-order valence-electron chi connectivity index (χ2n) is 7.06. The van der Waals surface area contributed by atoms with Crippen LogP contribution in [-0.4, -0.2) is 22.4 Å². The van der Waals surface area contributed by atoms with E-state index in [1.54, 1.807) is 12.4 Å². The van der Waals surface area contributed by atoms with E-state index in [1.165, 1.54) is 22.5 Å². The normalized spacial score (nSPS) is 13.2. The van der Waals surface area contributed by atoms with E-state index in [0.717, 1.165) is 40.7 Å². The number of nitrogens with one attached hydrogen (secondary N) is 2. The van der Waals surface area contributed by atoms with Crippen molar-refractivity contribution in [1.82, 2.24) is 15.3 Å². The monoisotopic (exact) mass is 401 g/mol. The van der Waals surface area contributed by atoms with Gasteiger partial charge in [0.25, 0.3) is 5.91 Å². The van der Waals surface area contributed by atoms with E-state index in [9.17, 15) is 4.79 Å². The number of nitrogens with two attached hydrogens (primary N) is 1. The third-order valence-electron chi connectivity index (χ3n) is 5.13. The lowest BCUT2D eigenvalue weighted by Gasteiger charge is -2.17. The molecule has 4 aromatic rings. The summed E-state index contributed by atoms with van der Waals surface area (Å²) < 4.78 is 0. The molecule has 1 aliphatic heterocycles. The summed E-state index contributed by atoms with van der Waals surface area (Å²) in [4.78, 5) is 22.3. The van der Waals surface area contributed by atoms with Crippen molar-refractivity contribution in [1.29, 1.82) is 0 Å². The fourth-order valence-corrected chi connectivity index (χ4v) is 4.27. The molecule has 0 fully saturated rings. The van der Waals surface area contributed by atoms with Gasteiger partial charge in [-0.3, -0.25) is 4.79 Å². The maximum absolute atomic E-state index is 12.7. The van der Waals surface area contributed by atoms with Crippen molar-refractivity contribution in [3.8, 4) is 10.4 Å². The first-order chi connectivity index (χ1) is 14.2. The molecule has 4 N–H and O–H groups in total. The predicted octanol–water partition coefficient (Wildman–Crippen LogP) is 3.84. The Labute approximate surface area is 171 Å². The Bertz CT molecular complexity index is 1230. The van der Waals surface area contributed by atoms with Gasteiger partial charge in [-0.15, -0.1) is 0 Å². The van der Waals surface area contributed by atoms with Crippen LogP contribution in [0.3, 0.4) is 0 Å². The lowest BCUT2D eigenvalue weighted by atomic mass is 9.98. The van der Waals surface area contributed by atoms with Gasteiger partial charge >= 0.3 is 0 Å². The number of pyridine rings is 1. The molecule has 0 atom stereocenters. The van der Waals surface area contributed by atoms with Crippen LogP contribution in [0, 0.1) is 0 Å². The average molecular weight is 401 g/mol. The minimum absolute atomic E-state index is 0.156. The van der Waals surface area contributed by atoms with Gasteiger partial charge in [0.1, 0.15) is 5.82 Å². The topological polar surface area (TPSA) is 92.9 Å². The van der Waals surface area contributed by atoms with Gasteiger partial charge in [0.2, 0.25) is 0 Å². The largest absolute Gasteiger partial charge is 0.375 e. The summed E-state index contributed by atoms with van der Waals surface area (Å²) in [6, 6.07) is 13.9. The maximum atomic E-state index is 12.7. The number of nitrogen functional groups attached to an aromatic ring is 1. The fourth-order valence-electron chi connectivity index (χ4n) is 3.59. The van der Waals surface area contributed by atoms with Gasteiger partial charge in [0, 0.05) is 29.9 Å². The fraction of sp³-hybridized carbons (Fsp3) is 0.136. The number of anilines is 2. The number of amides is 1. The molecule has 2 aromatic heterocycles. The number of carbonyl (C=O) groups excluding carboxylic acids is 1. The molecular weight excluding hydrogens is 382 g/mol. The number of thiazole rings is 1. The van der Waals surface area contributed by atoms with Crippen LogP contribution in [0.4, 0.5) is 10.9 Å². The molecule has 29 heavy (non-hydrogen) atoms. The summed E-state index contributed by atoms with van der Waals surface area (Å²) in [5.41, 5.74) is 9.92. The third-order valence-corrected chi connectivity index (χ3v) is 6.00. The van der Waals surface area contributed by atoms with Crippen LogP contribution in [0.25, 0.3) is 21.2 Å². The molecule has 6 nitrogen and oxygen atoms in total. The Kier molecular flexibility index (Phi) is 4.46. The highest BCUT2D eigenvalue weighted by molar-refractivity contribution is 7.18. The number of rotatable bonds is 3. The van der Waals surface area contributed by atoms with Crippen molar-refractivity contribution >= 4 is 39.0 Å². The molecule has 144 valence electrons. The zero-order chi connectivity index (χ0) is 19.8. The number of hydrogen-bond donors (Lipinski definition) is 3. The highest BCUT2D eigenvalue weighted by atomic mass is 32.1. The number of carbonyl (C=O) groups is 1. The van der Waals surface area contributed by atoms with Gasteiger partial charge < -0.3 is 16.4 Å². The van der Waals surface area contributed by atoms with Gasteiger partial charge in [0.15, 0.2) is 5.13 Å². The molecule has 0 saturated heterocycles. The minimum atomic E-state index is -0.156. The first kappa shape index (κ1) is 17.8. The van der Waals surface area contributed by atoms with Gasteiger partial charge in [0.05, 0.1) is 4.88 Å². The van der Waals surface area contributed by atoms with Gasteiger partial charge in [-0.05, 0) is 59.3 Å². The summed E-state index contributed by atoms with van der Waals surface area (Å²) in [5, 5.41) is 8.81. The summed E-state index contributed by atoms with van der Waals surface area (Å²) >= 11 is 1.45. The molecule has 0 spiro atoms. The lowest BCUT2D eigenvalue weighted by molar-refractivity contribution is 0.102. The number of aromatic nitrogens is 2. The number of hydrogen-bond acceptors (Lipinski definition) is 6. The first-order valence-corrected chi connectivity index (χ1v) is 10.2. The third kappa shape index (κ3) is 3.57. The molecular formula is C22H19N5OS. The second-order valence-corrected chi connectivity index (χ2v) is 8.12. The molecule has 0 radical (unpaired) electrons. The van der Waals surface area contributed by atoms with Crippen LogP contribution in [-0.2, 0) is 13.0 Å². The molecule has 0 aliphatic carbocycles. The van der Waals surface area contributed by atoms with Crippen molar-refractivity contribution in [3.63, 3.8) is 0 Å². The van der Waals surface area contributed by atoms with Crippen molar-refractivity contribution < 1.29 is 4.79 Å². The zero-order valence-corrected chi connectivity index (χ0v) is 16.4. The number of fused-ring (bicyclic) bond motifs is 2. The van der Waals surface area contributed by atoms with Crippen LogP contribution in [0.15, 0.2) is 54.9 Å². The van der Waals surface area contributed by atoms with Gasteiger partial charge in [-0.1, -0.05) is 29.5 Å². The Balaban J connectivity index is 1.42. The molecule has 0 bridgehead atoms. The second kappa shape index (κ2) is 7.27. The van der Waals surface area contributed by atoms with Gasteiger partial charge in [-0.2, -0.15) is 0 Å². The summed E-state index contributed by atoms with van der Waals surface area (Å²) in [5.74, 6) is 0.371. The number of benzene rings is 2. The zero-order valence-electron chi connectivity index (χ0n) is 15.6. The van der Waals surface area contributed by atoms with E-state index < -0.39 is 0 Å². The molecule has 2 aromatic carbocycles.